The van der Waals surface area contributed by atoms with Crippen LogP contribution < -0.4 is 15.4 Å². The first-order chi connectivity index (χ1) is 17.8. The van der Waals surface area contributed by atoms with Crippen LogP contribution in [-0.2, 0) is 0 Å². The van der Waals surface area contributed by atoms with Crippen molar-refractivity contribution in [1.82, 2.24) is 10.2 Å². The van der Waals surface area contributed by atoms with E-state index in [1.807, 2.05) is 6.07 Å². The molecule has 1 spiro atoms. The lowest BCUT2D eigenvalue weighted by molar-refractivity contribution is -0.00567. The van der Waals surface area contributed by atoms with Gasteiger partial charge in [-0.1, -0.05) is 0 Å². The Morgan fingerprint density at radius 3 is 2.54 bits per heavy atom. The largest absolute Gasteiger partial charge is 0.508 e. The summed E-state index contributed by atoms with van der Waals surface area (Å²) in [7, 11) is 1.50. The number of fused-ring (bicyclic) bond motifs is 1. The number of likely N-dealkylation sites (tertiary alicyclic amines) is 1. The number of phenolic OH excluding ortho intramolecular Hbond substituents is 1. The fourth-order valence-electron chi connectivity index (χ4n) is 4.71. The van der Waals surface area contributed by atoms with Crippen LogP contribution in [0.2, 0.25) is 0 Å². The number of nitrogens with one attached hydrogen (secondary N) is 2. The van der Waals surface area contributed by atoms with E-state index in [9.17, 15) is 19.5 Å². The maximum Gasteiger partial charge on any atom is 0.319 e. The first-order valence-electron chi connectivity index (χ1n) is 11.8. The Kier molecular flexibility index (Phi) is 6.31. The standard InChI is InChI=1S/C27H24N4O5S/c1-29-26(35)30-24-20(13-23(37-24)17-3-5-18(32)6-4-17)25(34)31-10-8-27(9-11-31)14-21(33)19-12-16(15-28)2-7-22(19)36-27/h2-7,12-13,32H,8-11,14H2,1H3,(H2,29,30,35). The number of carbonyl (C=O) groups excluding carboxylic acids is 3. The molecular formula is C27H24N4O5S. The van der Waals surface area contributed by atoms with Crippen molar-refractivity contribution in [2.24, 2.45) is 0 Å². The van der Waals surface area contributed by atoms with Gasteiger partial charge in [0.15, 0.2) is 5.78 Å². The average molecular weight is 517 g/mol. The Labute approximate surface area is 217 Å². The van der Waals surface area contributed by atoms with Crippen LogP contribution in [0.15, 0.2) is 48.5 Å². The summed E-state index contributed by atoms with van der Waals surface area (Å²) in [5.74, 6) is 0.331. The maximum atomic E-state index is 13.6. The van der Waals surface area contributed by atoms with E-state index in [1.54, 1.807) is 53.4 Å². The van der Waals surface area contributed by atoms with Crippen molar-refractivity contribution in [2.75, 3.05) is 25.5 Å². The smallest absolute Gasteiger partial charge is 0.319 e. The van der Waals surface area contributed by atoms with E-state index in [1.165, 1.54) is 18.4 Å². The number of carbonyl (C=O) groups is 3. The van der Waals surface area contributed by atoms with Gasteiger partial charge in [0.05, 0.1) is 29.2 Å². The number of hydrogen-bond acceptors (Lipinski definition) is 7. The Hall–Kier alpha value is -4.36. The van der Waals surface area contributed by atoms with Crippen molar-refractivity contribution >= 4 is 34.1 Å². The number of aromatic hydroxyl groups is 1. The second kappa shape index (κ2) is 9.59. The van der Waals surface area contributed by atoms with Crippen LogP contribution in [0.25, 0.3) is 10.4 Å². The van der Waals surface area contributed by atoms with E-state index in [2.05, 4.69) is 10.6 Å². The Morgan fingerprint density at radius 2 is 1.86 bits per heavy atom. The minimum Gasteiger partial charge on any atom is -0.508 e. The van der Waals surface area contributed by atoms with Gasteiger partial charge < -0.3 is 20.1 Å². The number of anilines is 1. The molecule has 0 unspecified atom stereocenters. The molecule has 9 nitrogen and oxygen atoms in total. The number of ether oxygens (including phenoxy) is 1. The molecule has 0 saturated carbocycles. The van der Waals surface area contributed by atoms with E-state index in [4.69, 9.17) is 10.00 Å². The zero-order valence-corrected chi connectivity index (χ0v) is 20.9. The fourth-order valence-corrected chi connectivity index (χ4v) is 5.76. The molecule has 1 aromatic heterocycles. The van der Waals surface area contributed by atoms with Crippen molar-refractivity contribution < 1.29 is 24.2 Å². The number of Topliss-reactive ketones (excluding diaryl/α,β-unsaturated/α-hetero) is 1. The van der Waals surface area contributed by atoms with Crippen molar-refractivity contribution in [2.45, 2.75) is 24.9 Å². The van der Waals surface area contributed by atoms with Crippen molar-refractivity contribution in [3.63, 3.8) is 0 Å². The van der Waals surface area contributed by atoms with E-state index in [0.29, 0.717) is 53.4 Å². The molecule has 3 heterocycles. The molecule has 1 saturated heterocycles. The highest BCUT2D eigenvalue weighted by Crippen LogP contribution is 2.41. The average Bonchev–Trinajstić information content (AvgIpc) is 3.32. The summed E-state index contributed by atoms with van der Waals surface area (Å²) in [6.45, 7) is 0.781. The second-order valence-electron chi connectivity index (χ2n) is 9.10. The van der Waals surface area contributed by atoms with Gasteiger partial charge >= 0.3 is 6.03 Å². The van der Waals surface area contributed by atoms with Gasteiger partial charge in [0.2, 0.25) is 0 Å². The number of rotatable bonds is 3. The summed E-state index contributed by atoms with van der Waals surface area (Å²) in [6.07, 6.45) is 1.16. The highest BCUT2D eigenvalue weighted by Gasteiger charge is 2.44. The molecule has 0 radical (unpaired) electrons. The van der Waals surface area contributed by atoms with Gasteiger partial charge in [-0.25, -0.2) is 4.79 Å². The van der Waals surface area contributed by atoms with E-state index in [-0.39, 0.29) is 23.9 Å². The van der Waals surface area contributed by atoms with Crippen LogP contribution >= 0.6 is 11.3 Å². The predicted molar refractivity (Wildman–Crippen MR) is 138 cm³/mol. The molecule has 188 valence electrons. The summed E-state index contributed by atoms with van der Waals surface area (Å²) in [5, 5.41) is 24.4. The molecule has 3 amide bonds. The third kappa shape index (κ3) is 4.73. The van der Waals surface area contributed by atoms with Crippen LogP contribution in [0.4, 0.5) is 9.80 Å². The zero-order valence-electron chi connectivity index (χ0n) is 20.0. The topological polar surface area (TPSA) is 132 Å². The van der Waals surface area contributed by atoms with Crippen molar-refractivity contribution in [1.29, 1.82) is 5.26 Å². The number of thiophene rings is 1. The first-order valence-corrected chi connectivity index (χ1v) is 12.6. The van der Waals surface area contributed by atoms with Gasteiger partial charge in [0.25, 0.3) is 5.91 Å². The van der Waals surface area contributed by atoms with Gasteiger partial charge in [-0.2, -0.15) is 5.26 Å². The van der Waals surface area contributed by atoms with E-state index in [0.717, 1.165) is 10.4 Å². The lowest BCUT2D eigenvalue weighted by Crippen LogP contribution is -2.52. The lowest BCUT2D eigenvalue weighted by atomic mass is 9.82. The molecule has 2 aliphatic heterocycles. The first kappa shape index (κ1) is 24.3. The lowest BCUT2D eigenvalue weighted by Gasteiger charge is -2.44. The summed E-state index contributed by atoms with van der Waals surface area (Å²) in [6, 6.07) is 14.8. The number of hydrogen-bond donors (Lipinski definition) is 3. The fraction of sp³-hybridized carbons (Fsp3) is 0.259. The normalized spacial score (nSPS) is 15.9. The molecule has 5 rings (SSSR count). The molecule has 37 heavy (non-hydrogen) atoms. The molecule has 2 aromatic carbocycles. The third-order valence-electron chi connectivity index (χ3n) is 6.75. The highest BCUT2D eigenvalue weighted by atomic mass is 32.1. The minimum atomic E-state index is -0.690. The SMILES string of the molecule is CNC(=O)Nc1sc(-c2ccc(O)cc2)cc1C(=O)N1CCC2(CC1)CC(=O)c1cc(C#N)ccc1O2. The van der Waals surface area contributed by atoms with Crippen LogP contribution in [0.1, 0.15) is 45.5 Å². The molecule has 3 aromatic rings. The summed E-state index contributed by atoms with van der Waals surface area (Å²) >= 11 is 1.28. The Bertz CT molecular complexity index is 1430. The Balaban J connectivity index is 1.35. The van der Waals surface area contributed by atoms with Gasteiger partial charge in [-0.05, 0) is 54.1 Å². The van der Waals surface area contributed by atoms with Gasteiger partial charge in [0, 0.05) is 37.9 Å². The van der Waals surface area contributed by atoms with E-state index >= 15 is 0 Å². The monoisotopic (exact) mass is 516 g/mol. The molecule has 1 fully saturated rings. The van der Waals surface area contributed by atoms with Crippen LogP contribution in [0.5, 0.6) is 11.5 Å². The molecule has 0 atom stereocenters. The Morgan fingerprint density at radius 1 is 1.14 bits per heavy atom. The highest BCUT2D eigenvalue weighted by molar-refractivity contribution is 7.20. The van der Waals surface area contributed by atoms with Crippen LogP contribution in [-0.4, -0.2) is 53.5 Å². The van der Waals surface area contributed by atoms with Crippen LogP contribution in [0.3, 0.4) is 0 Å². The molecular weight excluding hydrogens is 492 g/mol. The number of benzene rings is 2. The molecule has 0 bridgehead atoms. The van der Waals surface area contributed by atoms with Gasteiger partial charge in [0.1, 0.15) is 22.1 Å². The van der Waals surface area contributed by atoms with Crippen LogP contribution in [0, 0.1) is 11.3 Å². The molecule has 2 aliphatic rings. The zero-order chi connectivity index (χ0) is 26.2. The van der Waals surface area contributed by atoms with Gasteiger partial charge in [-0.15, -0.1) is 11.3 Å². The van der Waals surface area contributed by atoms with Gasteiger partial charge in [-0.3, -0.25) is 14.9 Å². The van der Waals surface area contributed by atoms with Crippen molar-refractivity contribution in [3.05, 3.63) is 65.2 Å². The number of amides is 3. The number of urea groups is 1. The summed E-state index contributed by atoms with van der Waals surface area (Å²) < 4.78 is 6.27. The molecule has 3 N–H and O–H groups in total. The number of nitrogens with zero attached hydrogens (tertiary/aromatic N) is 2. The third-order valence-corrected chi connectivity index (χ3v) is 7.85. The van der Waals surface area contributed by atoms with E-state index < -0.39 is 11.6 Å². The minimum absolute atomic E-state index is 0.0634. The van der Waals surface area contributed by atoms with Crippen molar-refractivity contribution in [3.8, 4) is 28.0 Å². The number of piperidine rings is 1. The number of ketones is 1. The molecule has 0 aliphatic carbocycles. The second-order valence-corrected chi connectivity index (χ2v) is 10.2. The number of nitriles is 1. The predicted octanol–water partition coefficient (Wildman–Crippen LogP) is 4.38. The summed E-state index contributed by atoms with van der Waals surface area (Å²) in [5.41, 5.74) is 1.34. The number of phenols is 1. The quantitative estimate of drug-likeness (QED) is 0.473. The maximum absolute atomic E-state index is 13.6. The molecule has 10 heteroatoms. The summed E-state index contributed by atoms with van der Waals surface area (Å²) in [4.78, 5) is 41.0.